The van der Waals surface area contributed by atoms with Gasteiger partial charge in [-0.1, -0.05) is 46.1 Å². The Kier molecular flexibility index (Phi) is 9.16. The van der Waals surface area contributed by atoms with E-state index < -0.39 is 6.10 Å². The van der Waals surface area contributed by atoms with Gasteiger partial charge in [0.15, 0.2) is 0 Å². The van der Waals surface area contributed by atoms with E-state index >= 15 is 0 Å². The molecule has 1 aromatic heterocycles. The van der Waals surface area contributed by atoms with Crippen molar-refractivity contribution in [2.75, 3.05) is 26.3 Å². The van der Waals surface area contributed by atoms with Crippen LogP contribution in [-0.4, -0.2) is 37.5 Å². The van der Waals surface area contributed by atoms with Crippen molar-refractivity contribution in [3.05, 3.63) is 22.4 Å². The minimum atomic E-state index is -0.421. The smallest absolute Gasteiger partial charge is 0.0897 e. The van der Waals surface area contributed by atoms with Crippen LogP contribution >= 0.6 is 11.3 Å². The highest BCUT2D eigenvalue weighted by Gasteiger charge is 2.21. The van der Waals surface area contributed by atoms with E-state index in [1.54, 1.807) is 11.3 Å². The molecule has 1 unspecified atom stereocenters. The Morgan fingerprint density at radius 3 is 2.81 bits per heavy atom. The summed E-state index contributed by atoms with van der Waals surface area (Å²) in [5, 5.41) is 15.4. The van der Waals surface area contributed by atoms with Gasteiger partial charge in [-0.15, -0.1) is 11.3 Å². The van der Waals surface area contributed by atoms with E-state index in [-0.39, 0.29) is 5.41 Å². The number of hydrogen-bond donors (Lipinski definition) is 2. The average Bonchev–Trinajstić information content (AvgIpc) is 2.97. The Morgan fingerprint density at radius 1 is 1.33 bits per heavy atom. The predicted molar refractivity (Wildman–Crippen MR) is 91.2 cm³/mol. The highest BCUT2D eigenvalue weighted by Crippen LogP contribution is 2.26. The lowest BCUT2D eigenvalue weighted by molar-refractivity contribution is 0.0350. The molecule has 0 radical (unpaired) electrons. The summed E-state index contributed by atoms with van der Waals surface area (Å²) >= 11 is 1.78. The van der Waals surface area contributed by atoms with Crippen molar-refractivity contribution >= 4 is 11.3 Å². The van der Waals surface area contributed by atoms with Gasteiger partial charge in [-0.3, -0.25) is 0 Å². The van der Waals surface area contributed by atoms with Gasteiger partial charge in [-0.2, -0.15) is 0 Å². The van der Waals surface area contributed by atoms with Gasteiger partial charge in [-0.05, 0) is 17.9 Å². The molecule has 0 fully saturated rings. The molecule has 1 atom stereocenters. The van der Waals surface area contributed by atoms with Crippen LogP contribution in [0, 0.1) is 0 Å². The number of nitrogens with one attached hydrogen (secondary N) is 1. The molecule has 21 heavy (non-hydrogen) atoms. The Morgan fingerprint density at radius 2 is 2.14 bits per heavy atom. The topological polar surface area (TPSA) is 41.5 Å². The van der Waals surface area contributed by atoms with Crippen LogP contribution in [0.15, 0.2) is 17.5 Å². The molecule has 1 aromatic rings. The average molecular weight is 314 g/mol. The van der Waals surface area contributed by atoms with Crippen LogP contribution in [0.4, 0.5) is 0 Å². The summed E-state index contributed by atoms with van der Waals surface area (Å²) in [5.41, 5.74) is 0.106. The summed E-state index contributed by atoms with van der Waals surface area (Å²) < 4.78 is 5.51. The number of rotatable bonds is 12. The zero-order valence-corrected chi connectivity index (χ0v) is 14.5. The molecule has 2 N–H and O–H groups in total. The fourth-order valence-electron chi connectivity index (χ4n) is 2.21. The molecule has 1 rings (SSSR count). The summed E-state index contributed by atoms with van der Waals surface area (Å²) in [4.78, 5) is 1.37. The fraction of sp³-hybridized carbons (Fsp3) is 0.765. The Hall–Kier alpha value is -0.420. The Bertz CT molecular complexity index is 352. The van der Waals surface area contributed by atoms with Gasteiger partial charge in [0.05, 0.1) is 12.7 Å². The van der Waals surface area contributed by atoms with Gasteiger partial charge in [0.25, 0.3) is 0 Å². The second-order valence-electron chi connectivity index (χ2n) is 6.28. The molecule has 0 bridgehead atoms. The largest absolute Gasteiger partial charge is 0.389 e. The minimum Gasteiger partial charge on any atom is -0.389 e. The SMILES string of the molecule is CCCCCCOCC(O)CNCC(C)(C)c1cccs1. The van der Waals surface area contributed by atoms with Gasteiger partial charge in [0, 0.05) is 30.0 Å². The summed E-state index contributed by atoms with van der Waals surface area (Å²) in [6.45, 7) is 9.29. The molecule has 122 valence electrons. The van der Waals surface area contributed by atoms with Crippen molar-refractivity contribution in [1.82, 2.24) is 5.32 Å². The van der Waals surface area contributed by atoms with E-state index in [9.17, 15) is 5.11 Å². The van der Waals surface area contributed by atoms with Crippen molar-refractivity contribution in [3.63, 3.8) is 0 Å². The van der Waals surface area contributed by atoms with Gasteiger partial charge in [-0.25, -0.2) is 0 Å². The molecule has 0 saturated carbocycles. The van der Waals surface area contributed by atoms with Gasteiger partial charge in [0.1, 0.15) is 0 Å². The van der Waals surface area contributed by atoms with Crippen LogP contribution in [0.3, 0.4) is 0 Å². The van der Waals surface area contributed by atoms with Crippen LogP contribution in [0.1, 0.15) is 51.3 Å². The standard InChI is InChI=1S/C17H31NO2S/c1-4-5-6-7-10-20-13-15(19)12-18-14-17(2,3)16-9-8-11-21-16/h8-9,11,15,18-19H,4-7,10,12-14H2,1-3H3. The number of thiophene rings is 1. The summed E-state index contributed by atoms with van der Waals surface area (Å²) in [6, 6.07) is 4.26. The maximum atomic E-state index is 9.89. The van der Waals surface area contributed by atoms with Crippen LogP contribution in [0.2, 0.25) is 0 Å². The number of hydrogen-bond acceptors (Lipinski definition) is 4. The van der Waals surface area contributed by atoms with Crippen LogP contribution in [0.25, 0.3) is 0 Å². The molecular weight excluding hydrogens is 282 g/mol. The van der Waals surface area contributed by atoms with E-state index in [1.165, 1.54) is 24.1 Å². The zero-order chi connectivity index (χ0) is 15.6. The van der Waals surface area contributed by atoms with Crippen molar-refractivity contribution in [3.8, 4) is 0 Å². The van der Waals surface area contributed by atoms with Crippen molar-refractivity contribution in [1.29, 1.82) is 0 Å². The monoisotopic (exact) mass is 313 g/mol. The predicted octanol–water partition coefficient (Wildman–Crippen LogP) is 3.57. The molecule has 0 saturated heterocycles. The summed E-state index contributed by atoms with van der Waals surface area (Å²) in [5.74, 6) is 0. The molecule has 4 heteroatoms. The second-order valence-corrected chi connectivity index (χ2v) is 7.23. The lowest BCUT2D eigenvalue weighted by atomic mass is 9.91. The number of unbranched alkanes of at least 4 members (excludes halogenated alkanes) is 3. The third-order valence-electron chi connectivity index (χ3n) is 3.59. The van der Waals surface area contributed by atoms with Crippen LogP contribution < -0.4 is 5.32 Å². The van der Waals surface area contributed by atoms with E-state index in [1.807, 2.05) is 0 Å². The Balaban J connectivity index is 2.06. The first-order valence-corrected chi connectivity index (χ1v) is 8.94. The number of ether oxygens (including phenoxy) is 1. The molecule has 0 aliphatic heterocycles. The highest BCUT2D eigenvalue weighted by atomic mass is 32.1. The van der Waals surface area contributed by atoms with E-state index in [0.29, 0.717) is 13.2 Å². The van der Waals surface area contributed by atoms with E-state index in [4.69, 9.17) is 4.74 Å². The quantitative estimate of drug-likeness (QED) is 0.580. The maximum absolute atomic E-state index is 9.89. The molecule has 0 spiro atoms. The third kappa shape index (κ3) is 7.96. The highest BCUT2D eigenvalue weighted by molar-refractivity contribution is 7.10. The second kappa shape index (κ2) is 10.3. The fourth-order valence-corrected chi connectivity index (χ4v) is 3.06. The van der Waals surface area contributed by atoms with Gasteiger partial charge >= 0.3 is 0 Å². The first kappa shape index (κ1) is 18.6. The molecule has 3 nitrogen and oxygen atoms in total. The number of aliphatic hydroxyl groups excluding tert-OH is 1. The van der Waals surface area contributed by atoms with Gasteiger partial charge in [0.2, 0.25) is 0 Å². The lowest BCUT2D eigenvalue weighted by Crippen LogP contribution is -2.38. The molecule has 0 aromatic carbocycles. The molecule has 0 aliphatic rings. The molecule has 0 aliphatic carbocycles. The van der Waals surface area contributed by atoms with Crippen molar-refractivity contribution in [2.45, 2.75) is 58.0 Å². The van der Waals surface area contributed by atoms with Crippen molar-refractivity contribution in [2.24, 2.45) is 0 Å². The molecule has 1 heterocycles. The Labute approximate surface area is 133 Å². The van der Waals surface area contributed by atoms with Crippen LogP contribution in [0.5, 0.6) is 0 Å². The first-order valence-electron chi connectivity index (χ1n) is 8.06. The third-order valence-corrected chi connectivity index (χ3v) is 4.82. The maximum Gasteiger partial charge on any atom is 0.0897 e. The number of aliphatic hydroxyl groups is 1. The normalized spacial score (nSPS) is 13.5. The van der Waals surface area contributed by atoms with E-state index in [2.05, 4.69) is 43.6 Å². The van der Waals surface area contributed by atoms with Crippen molar-refractivity contribution < 1.29 is 9.84 Å². The lowest BCUT2D eigenvalue weighted by Gasteiger charge is -2.24. The minimum absolute atomic E-state index is 0.106. The summed E-state index contributed by atoms with van der Waals surface area (Å²) in [7, 11) is 0. The first-order chi connectivity index (χ1) is 10.1. The summed E-state index contributed by atoms with van der Waals surface area (Å²) in [6.07, 6.45) is 4.41. The molecular formula is C17H31NO2S. The van der Waals surface area contributed by atoms with Gasteiger partial charge < -0.3 is 15.2 Å². The van der Waals surface area contributed by atoms with Crippen LogP contribution in [-0.2, 0) is 10.2 Å². The zero-order valence-electron chi connectivity index (χ0n) is 13.7. The van der Waals surface area contributed by atoms with E-state index in [0.717, 1.165) is 19.6 Å². The molecule has 0 amide bonds.